The summed E-state index contributed by atoms with van der Waals surface area (Å²) in [5.41, 5.74) is 3.83. The van der Waals surface area contributed by atoms with Gasteiger partial charge in [0.1, 0.15) is 0 Å². The number of benzene rings is 1. The molecule has 0 saturated heterocycles. The third-order valence-corrected chi connectivity index (χ3v) is 5.23. The van der Waals surface area contributed by atoms with E-state index in [0.29, 0.717) is 5.41 Å². The minimum Gasteiger partial charge on any atom is -0.316 e. The molecule has 3 atom stereocenters. The molecule has 1 heteroatoms. The van der Waals surface area contributed by atoms with E-state index in [0.717, 1.165) is 24.3 Å². The van der Waals surface area contributed by atoms with Crippen molar-refractivity contribution < 1.29 is 0 Å². The summed E-state index contributed by atoms with van der Waals surface area (Å²) in [6.07, 6.45) is 4.18. The van der Waals surface area contributed by atoms with Crippen molar-refractivity contribution in [2.24, 2.45) is 11.8 Å². The molecule has 0 aliphatic heterocycles. The molecule has 3 rings (SSSR count). The van der Waals surface area contributed by atoms with Gasteiger partial charge in [0.15, 0.2) is 0 Å². The van der Waals surface area contributed by atoms with E-state index in [-0.39, 0.29) is 0 Å². The van der Waals surface area contributed by atoms with E-state index in [9.17, 15) is 0 Å². The Labute approximate surface area is 117 Å². The SMILES string of the molecule is CC(C)CNCC1CC12CCC(C)c1ccccc12. The summed E-state index contributed by atoms with van der Waals surface area (Å²) in [5, 5.41) is 3.66. The molecular formula is C18H27N. The zero-order valence-electron chi connectivity index (χ0n) is 12.6. The second-order valence-corrected chi connectivity index (χ2v) is 7.14. The lowest BCUT2D eigenvalue weighted by Gasteiger charge is -2.31. The normalized spacial score (nSPS) is 32.6. The van der Waals surface area contributed by atoms with E-state index in [1.807, 2.05) is 0 Å². The third-order valence-electron chi connectivity index (χ3n) is 5.23. The van der Waals surface area contributed by atoms with Crippen LogP contribution in [0.4, 0.5) is 0 Å². The van der Waals surface area contributed by atoms with Crippen molar-refractivity contribution in [3.05, 3.63) is 35.4 Å². The van der Waals surface area contributed by atoms with Crippen LogP contribution in [0.3, 0.4) is 0 Å². The van der Waals surface area contributed by atoms with E-state index in [4.69, 9.17) is 0 Å². The van der Waals surface area contributed by atoms with Gasteiger partial charge >= 0.3 is 0 Å². The second-order valence-electron chi connectivity index (χ2n) is 7.14. The standard InChI is InChI=1S/C18H27N/c1-13(2)11-19-12-15-10-18(15)9-8-14(3)16-6-4-5-7-17(16)18/h4-7,13-15,19H,8-12H2,1-3H3. The quantitative estimate of drug-likeness (QED) is 0.856. The molecule has 0 amide bonds. The average molecular weight is 257 g/mol. The Hall–Kier alpha value is -0.820. The molecule has 1 spiro atoms. The van der Waals surface area contributed by atoms with Gasteiger partial charge in [-0.3, -0.25) is 0 Å². The molecule has 104 valence electrons. The van der Waals surface area contributed by atoms with Crippen LogP contribution in [0.25, 0.3) is 0 Å². The van der Waals surface area contributed by atoms with Crippen molar-refractivity contribution in [1.29, 1.82) is 0 Å². The molecule has 2 aliphatic carbocycles. The minimum atomic E-state index is 0.535. The summed E-state index contributed by atoms with van der Waals surface area (Å²) in [5.74, 6) is 2.39. The summed E-state index contributed by atoms with van der Waals surface area (Å²) in [6, 6.07) is 9.20. The molecule has 19 heavy (non-hydrogen) atoms. The molecule has 1 aromatic rings. The first kappa shape index (κ1) is 13.2. The van der Waals surface area contributed by atoms with Crippen molar-refractivity contribution in [2.75, 3.05) is 13.1 Å². The van der Waals surface area contributed by atoms with Crippen LogP contribution in [-0.4, -0.2) is 13.1 Å². The topological polar surface area (TPSA) is 12.0 Å². The average Bonchev–Trinajstić information content (AvgIpc) is 3.09. The molecule has 0 bridgehead atoms. The first-order valence-corrected chi connectivity index (χ1v) is 7.93. The smallest absolute Gasteiger partial charge is 0.0000117 e. The first-order chi connectivity index (χ1) is 9.13. The Kier molecular flexibility index (Phi) is 3.42. The molecule has 1 N–H and O–H groups in total. The molecule has 1 nitrogen and oxygen atoms in total. The lowest BCUT2D eigenvalue weighted by molar-refractivity contribution is 0.439. The van der Waals surface area contributed by atoms with Gasteiger partial charge in [-0.15, -0.1) is 0 Å². The summed E-state index contributed by atoms with van der Waals surface area (Å²) in [4.78, 5) is 0. The largest absolute Gasteiger partial charge is 0.316 e. The molecule has 0 aromatic heterocycles. The first-order valence-electron chi connectivity index (χ1n) is 7.93. The van der Waals surface area contributed by atoms with Gasteiger partial charge in [-0.25, -0.2) is 0 Å². The molecule has 2 aliphatic rings. The Bertz CT molecular complexity index is 451. The summed E-state index contributed by atoms with van der Waals surface area (Å²) in [6.45, 7) is 9.33. The number of fused-ring (bicyclic) bond motifs is 2. The van der Waals surface area contributed by atoms with E-state index in [1.54, 1.807) is 11.1 Å². The molecule has 0 radical (unpaired) electrons. The van der Waals surface area contributed by atoms with Crippen molar-refractivity contribution in [2.45, 2.75) is 51.4 Å². The van der Waals surface area contributed by atoms with E-state index >= 15 is 0 Å². The monoisotopic (exact) mass is 257 g/mol. The fraction of sp³-hybridized carbons (Fsp3) is 0.667. The summed E-state index contributed by atoms with van der Waals surface area (Å²) >= 11 is 0. The molecule has 1 fully saturated rings. The fourth-order valence-electron chi connectivity index (χ4n) is 3.97. The lowest BCUT2D eigenvalue weighted by atomic mass is 9.74. The van der Waals surface area contributed by atoms with Crippen molar-refractivity contribution in [1.82, 2.24) is 5.32 Å². The third kappa shape index (κ3) is 2.33. The highest BCUT2D eigenvalue weighted by atomic mass is 14.9. The molecule has 1 aromatic carbocycles. The summed E-state index contributed by atoms with van der Waals surface area (Å²) < 4.78 is 0. The minimum absolute atomic E-state index is 0.535. The maximum Gasteiger partial charge on any atom is 0.0000117 e. The Morgan fingerprint density at radius 3 is 2.89 bits per heavy atom. The van der Waals surface area contributed by atoms with Crippen molar-refractivity contribution in [3.8, 4) is 0 Å². The molecule has 3 unspecified atom stereocenters. The van der Waals surface area contributed by atoms with Crippen LogP contribution in [0.2, 0.25) is 0 Å². The highest BCUT2D eigenvalue weighted by Gasteiger charge is 2.56. The Balaban J connectivity index is 1.72. The highest BCUT2D eigenvalue weighted by molar-refractivity contribution is 5.44. The van der Waals surface area contributed by atoms with Gasteiger partial charge in [0.25, 0.3) is 0 Å². The predicted molar refractivity (Wildman–Crippen MR) is 81.6 cm³/mol. The number of hydrogen-bond donors (Lipinski definition) is 1. The molecule has 0 heterocycles. The van der Waals surface area contributed by atoms with Gasteiger partial charge < -0.3 is 5.32 Å². The summed E-state index contributed by atoms with van der Waals surface area (Å²) in [7, 11) is 0. The van der Waals surface area contributed by atoms with Crippen molar-refractivity contribution >= 4 is 0 Å². The number of rotatable bonds is 4. The van der Waals surface area contributed by atoms with Crippen LogP contribution in [0.5, 0.6) is 0 Å². The van der Waals surface area contributed by atoms with Gasteiger partial charge in [0.2, 0.25) is 0 Å². The van der Waals surface area contributed by atoms with Crippen LogP contribution < -0.4 is 5.32 Å². The van der Waals surface area contributed by atoms with Crippen molar-refractivity contribution in [3.63, 3.8) is 0 Å². The maximum absolute atomic E-state index is 3.66. The second kappa shape index (κ2) is 4.94. The molecular weight excluding hydrogens is 230 g/mol. The van der Waals surface area contributed by atoms with E-state index in [1.165, 1.54) is 25.8 Å². The predicted octanol–water partition coefficient (Wildman–Crippen LogP) is 4.09. The number of hydrogen-bond acceptors (Lipinski definition) is 1. The zero-order chi connectivity index (χ0) is 13.5. The van der Waals surface area contributed by atoms with Crippen LogP contribution in [0.1, 0.15) is 57.1 Å². The van der Waals surface area contributed by atoms with Crippen LogP contribution >= 0.6 is 0 Å². The zero-order valence-corrected chi connectivity index (χ0v) is 12.6. The Morgan fingerprint density at radius 1 is 1.32 bits per heavy atom. The maximum atomic E-state index is 3.66. The Morgan fingerprint density at radius 2 is 2.11 bits per heavy atom. The van der Waals surface area contributed by atoms with Crippen LogP contribution in [-0.2, 0) is 5.41 Å². The molecule has 1 saturated carbocycles. The van der Waals surface area contributed by atoms with Crippen LogP contribution in [0, 0.1) is 11.8 Å². The van der Waals surface area contributed by atoms with Gasteiger partial charge in [-0.1, -0.05) is 45.0 Å². The van der Waals surface area contributed by atoms with E-state index < -0.39 is 0 Å². The van der Waals surface area contributed by atoms with Crippen LogP contribution in [0.15, 0.2) is 24.3 Å². The van der Waals surface area contributed by atoms with E-state index in [2.05, 4.69) is 50.4 Å². The van der Waals surface area contributed by atoms with Gasteiger partial charge in [-0.2, -0.15) is 0 Å². The number of nitrogens with one attached hydrogen (secondary N) is 1. The van der Waals surface area contributed by atoms with Gasteiger partial charge in [0, 0.05) is 5.41 Å². The lowest BCUT2D eigenvalue weighted by Crippen LogP contribution is -2.27. The fourth-order valence-corrected chi connectivity index (χ4v) is 3.97. The highest BCUT2D eigenvalue weighted by Crippen LogP contribution is 2.61. The van der Waals surface area contributed by atoms with Gasteiger partial charge in [0.05, 0.1) is 0 Å². The van der Waals surface area contributed by atoms with Gasteiger partial charge in [-0.05, 0) is 61.2 Å².